The molecular formula is C41H65N6Rb. The van der Waals surface area contributed by atoms with Gasteiger partial charge in [0.2, 0.25) is 0 Å². The maximum Gasteiger partial charge on any atom is 1.00 e. The Hall–Kier alpha value is -2.12. The van der Waals surface area contributed by atoms with Crippen LogP contribution >= 0.6 is 0 Å². The number of aliphatic imine (C=N–C) groups is 2. The zero-order chi connectivity index (χ0) is 32.2. The van der Waals surface area contributed by atoms with Gasteiger partial charge in [0.15, 0.2) is 0 Å². The SMILES string of the molecule is C.C.C.CC1=[C-]CC(C)=N1.CCCC1=NCCCC1.CCc1ccccn1.Cc1cccc(C(C)C)n1.Cc1cn2ccccc2n1.[Rb+]. The average Bonchev–Trinajstić information content (AvgIpc) is 3.62. The molecule has 2 aliphatic rings. The van der Waals surface area contributed by atoms with Crippen molar-refractivity contribution in [2.24, 2.45) is 9.98 Å². The summed E-state index contributed by atoms with van der Waals surface area (Å²) in [5, 5.41) is 0. The third-order valence-electron chi connectivity index (χ3n) is 6.78. The van der Waals surface area contributed by atoms with Gasteiger partial charge in [-0.05, 0) is 101 Å². The first-order valence-corrected chi connectivity index (χ1v) is 16.1. The van der Waals surface area contributed by atoms with Crippen molar-refractivity contribution in [2.45, 2.75) is 129 Å². The first-order valence-electron chi connectivity index (χ1n) is 16.1. The molecule has 0 atom stereocenters. The molecular weight excluding hydrogens is 662 g/mol. The number of allylic oxidation sites excluding steroid dienone is 2. The van der Waals surface area contributed by atoms with Crippen LogP contribution in [0.5, 0.6) is 0 Å². The minimum atomic E-state index is 0. The Morgan fingerprint density at radius 3 is 2.00 bits per heavy atom. The monoisotopic (exact) mass is 726 g/mol. The normalized spacial score (nSPS) is 12.3. The number of aryl methyl sites for hydroxylation is 3. The molecule has 6 heterocycles. The number of hydrogen-bond donors (Lipinski definition) is 0. The van der Waals surface area contributed by atoms with E-state index in [-0.39, 0.29) is 80.5 Å². The number of hydrogen-bond acceptors (Lipinski definition) is 5. The van der Waals surface area contributed by atoms with E-state index in [0.717, 1.165) is 47.8 Å². The number of fused-ring (bicyclic) bond motifs is 1. The second-order valence-corrected chi connectivity index (χ2v) is 11.3. The van der Waals surface area contributed by atoms with E-state index >= 15 is 0 Å². The van der Waals surface area contributed by atoms with Gasteiger partial charge >= 0.3 is 58.2 Å². The van der Waals surface area contributed by atoms with Crippen LogP contribution in [0.15, 0.2) is 88.9 Å². The van der Waals surface area contributed by atoms with Gasteiger partial charge in [0.25, 0.3) is 0 Å². The second kappa shape index (κ2) is 29.8. The smallest absolute Gasteiger partial charge is 0.468 e. The largest absolute Gasteiger partial charge is 1.00 e. The Bertz CT molecular complexity index is 1420. The van der Waals surface area contributed by atoms with E-state index in [1.54, 1.807) is 0 Å². The molecule has 0 spiro atoms. The van der Waals surface area contributed by atoms with Crippen LogP contribution in [-0.2, 0) is 6.42 Å². The molecule has 6 rings (SSSR count). The minimum Gasteiger partial charge on any atom is -0.468 e. The Labute approximate surface area is 344 Å². The number of nitrogens with zero attached hydrogens (tertiary/aromatic N) is 6. The fraction of sp³-hybridized carbons (Fsp3) is 0.488. The Morgan fingerprint density at radius 2 is 1.56 bits per heavy atom. The van der Waals surface area contributed by atoms with Crippen LogP contribution in [0.25, 0.3) is 5.65 Å². The van der Waals surface area contributed by atoms with Crippen LogP contribution in [-0.4, -0.2) is 37.3 Å². The summed E-state index contributed by atoms with van der Waals surface area (Å²) in [6.45, 7) is 17.7. The molecule has 0 unspecified atom stereocenters. The van der Waals surface area contributed by atoms with Crippen molar-refractivity contribution in [3.8, 4) is 0 Å². The summed E-state index contributed by atoms with van der Waals surface area (Å²) in [5.41, 5.74) is 9.20. The van der Waals surface area contributed by atoms with Gasteiger partial charge in [-0.2, -0.15) is 0 Å². The number of rotatable bonds is 4. The number of pyridine rings is 3. The average molecular weight is 727 g/mol. The van der Waals surface area contributed by atoms with Crippen molar-refractivity contribution in [2.75, 3.05) is 6.54 Å². The van der Waals surface area contributed by atoms with E-state index in [2.05, 4.69) is 70.8 Å². The molecule has 0 aromatic carbocycles. The van der Waals surface area contributed by atoms with Gasteiger partial charge in [0.1, 0.15) is 5.65 Å². The Balaban J connectivity index is -0.000000519. The van der Waals surface area contributed by atoms with Crippen molar-refractivity contribution < 1.29 is 58.2 Å². The van der Waals surface area contributed by atoms with Crippen molar-refractivity contribution in [1.82, 2.24) is 19.4 Å². The third-order valence-corrected chi connectivity index (χ3v) is 6.78. The third kappa shape index (κ3) is 21.8. The second-order valence-electron chi connectivity index (χ2n) is 11.3. The summed E-state index contributed by atoms with van der Waals surface area (Å²) < 4.78 is 2.01. The van der Waals surface area contributed by atoms with E-state index in [4.69, 9.17) is 0 Å². The standard InChI is InChI=1S/C9H13N.C8H8N2.C8H15N.C7H9N.C6H8N.3CH4.Rb/c1-7(2)9-6-4-5-8(3)10-9;1-7-6-10-5-3-2-4-8(10)9-7;1-2-5-8-6-3-4-7-9-8;1-2-7-5-3-4-6-8-7;1-5-3-4-6(2)7-5;;;;/h4-7H,1-3H3;2-6H,1H3;2-7H2,1H3;3-6H,2H2,1H3;3H2,1-2H3;3*1H4;/q;;;;-1;;;;+1. The molecule has 0 saturated heterocycles. The van der Waals surface area contributed by atoms with Crippen LogP contribution in [0, 0.1) is 19.9 Å². The summed E-state index contributed by atoms with van der Waals surface area (Å²) in [6, 6.07) is 18.1. The van der Waals surface area contributed by atoms with Crippen LogP contribution in [0.4, 0.5) is 0 Å². The van der Waals surface area contributed by atoms with Crippen LogP contribution in [0.1, 0.15) is 131 Å². The number of imidazole rings is 1. The van der Waals surface area contributed by atoms with Crippen molar-refractivity contribution in [3.63, 3.8) is 0 Å². The first-order chi connectivity index (χ1) is 21.2. The van der Waals surface area contributed by atoms with E-state index < -0.39 is 0 Å². The quantitative estimate of drug-likeness (QED) is 0.198. The molecule has 0 bridgehead atoms. The molecule has 4 aromatic heterocycles. The van der Waals surface area contributed by atoms with Crippen molar-refractivity contribution in [1.29, 1.82) is 0 Å². The summed E-state index contributed by atoms with van der Waals surface area (Å²) >= 11 is 0. The van der Waals surface area contributed by atoms with Crippen molar-refractivity contribution >= 4 is 17.1 Å². The molecule has 6 nitrogen and oxygen atoms in total. The maximum atomic E-state index is 4.44. The Kier molecular flexibility index (Phi) is 31.2. The maximum absolute atomic E-state index is 4.44. The van der Waals surface area contributed by atoms with Gasteiger partial charge in [0.05, 0.1) is 5.69 Å². The van der Waals surface area contributed by atoms with Gasteiger partial charge in [-0.1, -0.05) is 81.5 Å². The molecule has 0 N–H and O–H groups in total. The predicted molar refractivity (Wildman–Crippen MR) is 208 cm³/mol. The topological polar surface area (TPSA) is 67.8 Å². The minimum absolute atomic E-state index is 0. The fourth-order valence-electron chi connectivity index (χ4n) is 4.43. The van der Waals surface area contributed by atoms with Gasteiger partial charge in [0, 0.05) is 47.9 Å². The molecule has 0 fully saturated rings. The number of aromatic nitrogens is 4. The predicted octanol–water partition coefficient (Wildman–Crippen LogP) is 8.68. The molecule has 260 valence electrons. The molecule has 7 heteroatoms. The molecule has 4 aromatic rings. The molecule has 0 amide bonds. The molecule has 0 radical (unpaired) electrons. The van der Waals surface area contributed by atoms with Crippen LogP contribution in [0.2, 0.25) is 0 Å². The van der Waals surface area contributed by atoms with Gasteiger partial charge in [-0.25, -0.2) is 4.98 Å². The molecule has 0 aliphatic carbocycles. The van der Waals surface area contributed by atoms with Gasteiger partial charge in [-0.15, -0.1) is 12.1 Å². The molecule has 0 saturated carbocycles. The summed E-state index contributed by atoms with van der Waals surface area (Å²) in [7, 11) is 0. The van der Waals surface area contributed by atoms with Crippen LogP contribution in [0.3, 0.4) is 0 Å². The summed E-state index contributed by atoms with van der Waals surface area (Å²) in [4.78, 5) is 21.3. The molecule has 48 heavy (non-hydrogen) atoms. The zero-order valence-electron chi connectivity index (χ0n) is 29.3. The first kappa shape index (κ1) is 50.3. The summed E-state index contributed by atoms with van der Waals surface area (Å²) in [6.07, 6.45) is 17.3. The zero-order valence-corrected chi connectivity index (χ0v) is 34.3. The Morgan fingerprint density at radius 1 is 0.833 bits per heavy atom. The van der Waals surface area contributed by atoms with Gasteiger partial charge in [-0.3, -0.25) is 15.0 Å². The van der Waals surface area contributed by atoms with Crippen LogP contribution < -0.4 is 58.2 Å². The van der Waals surface area contributed by atoms with E-state index in [1.165, 1.54) is 49.2 Å². The van der Waals surface area contributed by atoms with E-state index in [0.29, 0.717) is 5.92 Å². The fourth-order valence-corrected chi connectivity index (χ4v) is 4.43. The van der Waals surface area contributed by atoms with E-state index in [1.807, 2.05) is 93.2 Å². The summed E-state index contributed by atoms with van der Waals surface area (Å²) in [5.74, 6) is 0.542. The molecule has 2 aliphatic heterocycles. The van der Waals surface area contributed by atoms with E-state index in [9.17, 15) is 0 Å². The van der Waals surface area contributed by atoms with Crippen molar-refractivity contribution in [3.05, 3.63) is 108 Å². The van der Waals surface area contributed by atoms with Gasteiger partial charge < -0.3 is 15.5 Å².